The van der Waals surface area contributed by atoms with E-state index in [4.69, 9.17) is 0 Å². The number of rotatable bonds is 20. The number of hydrogen-bond acceptors (Lipinski definition) is 9. The van der Waals surface area contributed by atoms with Gasteiger partial charge in [0.2, 0.25) is 29.5 Å². The smallest absolute Gasteiger partial charge is 0.326 e. The molecule has 0 heterocycles. The van der Waals surface area contributed by atoms with Crippen molar-refractivity contribution < 1.29 is 54.0 Å². The first kappa shape index (κ1) is 40.3. The molecular formula is C31H47N5O11. The van der Waals surface area contributed by atoms with Crippen LogP contribution >= 0.6 is 0 Å². The Morgan fingerprint density at radius 1 is 0.723 bits per heavy atom. The minimum absolute atomic E-state index is 0.0481. The highest BCUT2D eigenvalue weighted by Gasteiger charge is 2.33. The van der Waals surface area contributed by atoms with Crippen LogP contribution in [0, 0.1) is 11.8 Å². The van der Waals surface area contributed by atoms with Gasteiger partial charge >= 0.3 is 11.9 Å². The number of carboxylic acid groups (broad SMARTS) is 2. The van der Waals surface area contributed by atoms with E-state index >= 15 is 0 Å². The molecule has 0 saturated carbocycles. The number of carboxylic acids is 2. The van der Waals surface area contributed by atoms with Crippen LogP contribution in [0.25, 0.3) is 0 Å². The zero-order chi connectivity index (χ0) is 35.8. The number of aliphatic carboxylic acids is 2. The van der Waals surface area contributed by atoms with Crippen LogP contribution in [-0.4, -0.2) is 98.7 Å². The number of nitrogens with one attached hydrogen (secondary N) is 5. The molecule has 5 amide bonds. The van der Waals surface area contributed by atoms with Crippen LogP contribution in [0.5, 0.6) is 5.75 Å². The van der Waals surface area contributed by atoms with Gasteiger partial charge in [0.25, 0.3) is 0 Å². The van der Waals surface area contributed by atoms with E-state index in [-0.39, 0.29) is 30.4 Å². The van der Waals surface area contributed by atoms with E-state index in [2.05, 4.69) is 26.6 Å². The van der Waals surface area contributed by atoms with Gasteiger partial charge < -0.3 is 47.0 Å². The number of hydrogen-bond donors (Lipinski definition) is 9. The Morgan fingerprint density at radius 2 is 1.23 bits per heavy atom. The number of amides is 5. The Kier molecular flexibility index (Phi) is 16.9. The van der Waals surface area contributed by atoms with Crippen molar-refractivity contribution in [2.75, 3.05) is 6.61 Å². The Hall–Kier alpha value is -4.73. The fourth-order valence-electron chi connectivity index (χ4n) is 4.50. The predicted molar refractivity (Wildman–Crippen MR) is 168 cm³/mol. The van der Waals surface area contributed by atoms with Gasteiger partial charge in [-0.1, -0.05) is 46.2 Å². The van der Waals surface area contributed by atoms with Crippen LogP contribution in [0.15, 0.2) is 24.3 Å². The van der Waals surface area contributed by atoms with Crippen molar-refractivity contribution >= 4 is 41.5 Å². The first-order valence-electron chi connectivity index (χ1n) is 15.3. The molecule has 0 spiro atoms. The van der Waals surface area contributed by atoms with E-state index in [0.29, 0.717) is 12.0 Å². The number of aliphatic hydroxyl groups excluding tert-OH is 1. The molecule has 0 aliphatic rings. The number of carbonyl (C=O) groups is 7. The van der Waals surface area contributed by atoms with Crippen molar-refractivity contribution in [3.05, 3.63) is 29.8 Å². The minimum atomic E-state index is -1.64. The second-order valence-electron chi connectivity index (χ2n) is 11.8. The summed E-state index contributed by atoms with van der Waals surface area (Å²) < 4.78 is 0. The molecule has 0 aromatic heterocycles. The average Bonchev–Trinajstić information content (AvgIpc) is 2.99. The maximum absolute atomic E-state index is 13.6. The standard InChI is InChI=1S/C31H47N5O11/c1-6-17(4)26(32-18(5)38)30(45)34-22(14-19-7-9-20(39)10-8-19)28(43)33-21(11-12-25(40)41)27(42)36-24(15-37)29(44)35-23(31(46)47)13-16(2)3/h7-10,16-17,21-24,26,37,39H,6,11-15H2,1-5H3,(H,32,38)(H,33,43)(H,34,45)(H,35,44)(H,36,42)(H,40,41)(H,46,47)/t17-,21-,22-,23-,24-,26-/m0/s1. The molecule has 1 aromatic carbocycles. The van der Waals surface area contributed by atoms with Gasteiger partial charge in [0.1, 0.15) is 36.0 Å². The lowest BCUT2D eigenvalue weighted by Crippen LogP contribution is -2.60. The molecule has 0 saturated heterocycles. The Labute approximate surface area is 273 Å². The van der Waals surface area contributed by atoms with Crippen molar-refractivity contribution in [2.24, 2.45) is 11.8 Å². The third kappa shape index (κ3) is 14.5. The Balaban J connectivity index is 3.31. The van der Waals surface area contributed by atoms with Crippen LogP contribution in [0.1, 0.15) is 65.9 Å². The van der Waals surface area contributed by atoms with Crippen LogP contribution in [0.4, 0.5) is 0 Å². The Morgan fingerprint density at radius 3 is 1.72 bits per heavy atom. The summed E-state index contributed by atoms with van der Waals surface area (Å²) in [6, 6.07) is -1.13. The number of carbonyl (C=O) groups excluding carboxylic acids is 5. The van der Waals surface area contributed by atoms with E-state index in [1.165, 1.54) is 31.2 Å². The summed E-state index contributed by atoms with van der Waals surface area (Å²) in [4.78, 5) is 87.7. The zero-order valence-electron chi connectivity index (χ0n) is 27.2. The number of aromatic hydroxyl groups is 1. The van der Waals surface area contributed by atoms with Crippen LogP contribution < -0.4 is 26.6 Å². The molecular weight excluding hydrogens is 618 g/mol. The van der Waals surface area contributed by atoms with E-state index in [1.54, 1.807) is 20.8 Å². The highest BCUT2D eigenvalue weighted by Crippen LogP contribution is 2.14. The lowest BCUT2D eigenvalue weighted by Gasteiger charge is -2.28. The summed E-state index contributed by atoms with van der Waals surface area (Å²) >= 11 is 0. The van der Waals surface area contributed by atoms with Crippen LogP contribution in [0.2, 0.25) is 0 Å². The van der Waals surface area contributed by atoms with E-state index in [0.717, 1.165) is 0 Å². The summed E-state index contributed by atoms with van der Waals surface area (Å²) in [5, 5.41) is 50.2. The third-order valence-corrected chi connectivity index (χ3v) is 7.28. The molecule has 16 heteroatoms. The molecule has 0 unspecified atom stereocenters. The maximum atomic E-state index is 13.6. The lowest BCUT2D eigenvalue weighted by molar-refractivity contribution is -0.143. The molecule has 1 aromatic rings. The normalized spacial score (nSPS) is 14.8. The largest absolute Gasteiger partial charge is 0.508 e. The minimum Gasteiger partial charge on any atom is -0.508 e. The molecule has 16 nitrogen and oxygen atoms in total. The number of phenols is 1. The molecule has 0 radical (unpaired) electrons. The van der Waals surface area contributed by atoms with Gasteiger partial charge in [0, 0.05) is 19.8 Å². The van der Waals surface area contributed by atoms with Crippen molar-refractivity contribution in [3.63, 3.8) is 0 Å². The van der Waals surface area contributed by atoms with Gasteiger partial charge in [-0.3, -0.25) is 28.8 Å². The topological polar surface area (TPSA) is 261 Å². The monoisotopic (exact) mass is 665 g/mol. The third-order valence-electron chi connectivity index (χ3n) is 7.28. The van der Waals surface area contributed by atoms with Crippen LogP contribution in [-0.2, 0) is 40.0 Å². The molecule has 6 atom stereocenters. The van der Waals surface area contributed by atoms with Gasteiger partial charge in [-0.15, -0.1) is 0 Å². The first-order valence-corrected chi connectivity index (χ1v) is 15.3. The first-order chi connectivity index (χ1) is 22.0. The zero-order valence-corrected chi connectivity index (χ0v) is 27.2. The van der Waals surface area contributed by atoms with Crippen molar-refractivity contribution in [1.29, 1.82) is 0 Å². The van der Waals surface area contributed by atoms with E-state index in [9.17, 15) is 54.0 Å². The number of benzene rings is 1. The van der Waals surface area contributed by atoms with Gasteiger partial charge in [-0.05, 0) is 42.4 Å². The Bertz CT molecular complexity index is 1250. The summed E-state index contributed by atoms with van der Waals surface area (Å²) in [5.41, 5.74) is 0.501. The number of phenolic OH excluding ortho intramolecular Hbond substituents is 1. The molecule has 1 rings (SSSR count). The van der Waals surface area contributed by atoms with Crippen molar-refractivity contribution in [1.82, 2.24) is 26.6 Å². The molecule has 9 N–H and O–H groups in total. The molecule has 0 fully saturated rings. The van der Waals surface area contributed by atoms with Crippen molar-refractivity contribution in [3.8, 4) is 5.75 Å². The lowest BCUT2D eigenvalue weighted by atomic mass is 9.97. The summed E-state index contributed by atoms with van der Waals surface area (Å²) in [6.45, 7) is 7.32. The van der Waals surface area contributed by atoms with Gasteiger partial charge in [-0.25, -0.2) is 4.79 Å². The van der Waals surface area contributed by atoms with Gasteiger partial charge in [0.05, 0.1) is 6.61 Å². The molecule has 47 heavy (non-hydrogen) atoms. The quantitative estimate of drug-likeness (QED) is 0.0850. The van der Waals surface area contributed by atoms with E-state index in [1.807, 2.05) is 6.92 Å². The average molecular weight is 666 g/mol. The second kappa shape index (κ2) is 19.7. The van der Waals surface area contributed by atoms with E-state index < -0.39 is 91.1 Å². The SMILES string of the molecule is CC[C@H](C)[C@H](NC(C)=O)C(=O)N[C@@H](Cc1ccc(O)cc1)C(=O)N[C@@H](CCC(=O)O)C(=O)N[C@@H](CO)C(=O)N[C@@H](CC(C)C)C(=O)O. The van der Waals surface area contributed by atoms with Crippen molar-refractivity contribution in [2.45, 2.75) is 96.9 Å². The van der Waals surface area contributed by atoms with Crippen LogP contribution in [0.3, 0.4) is 0 Å². The van der Waals surface area contributed by atoms with Gasteiger partial charge in [-0.2, -0.15) is 0 Å². The predicted octanol–water partition coefficient (Wildman–Crippen LogP) is -0.587. The maximum Gasteiger partial charge on any atom is 0.326 e. The molecule has 0 aliphatic heterocycles. The summed E-state index contributed by atoms with van der Waals surface area (Å²) in [5.74, 6) is -7.23. The molecule has 262 valence electrons. The molecule has 0 bridgehead atoms. The highest BCUT2D eigenvalue weighted by molar-refractivity contribution is 5.96. The fourth-order valence-corrected chi connectivity index (χ4v) is 4.50. The van der Waals surface area contributed by atoms with Gasteiger partial charge in [0.15, 0.2) is 0 Å². The summed E-state index contributed by atoms with van der Waals surface area (Å²) in [6.07, 6.45) is -0.587. The summed E-state index contributed by atoms with van der Waals surface area (Å²) in [7, 11) is 0. The highest BCUT2D eigenvalue weighted by atomic mass is 16.4. The number of aliphatic hydroxyl groups is 1. The second-order valence-corrected chi connectivity index (χ2v) is 11.8. The molecule has 0 aliphatic carbocycles. The fraction of sp³-hybridized carbons (Fsp3) is 0.581.